The van der Waals surface area contributed by atoms with Gasteiger partial charge in [0, 0.05) is 47.6 Å². The summed E-state index contributed by atoms with van der Waals surface area (Å²) in [7, 11) is 3.67. The monoisotopic (exact) mass is 447 g/mol. The lowest BCUT2D eigenvalue weighted by molar-refractivity contribution is 0.160. The Morgan fingerprint density at radius 2 is 1.67 bits per heavy atom. The van der Waals surface area contributed by atoms with Gasteiger partial charge in [-0.15, -0.1) is 10.2 Å². The number of benzene rings is 1. The molecule has 1 fully saturated rings. The predicted molar refractivity (Wildman–Crippen MR) is 132 cm³/mol. The van der Waals surface area contributed by atoms with E-state index in [4.69, 9.17) is 4.74 Å². The molecule has 0 unspecified atom stereocenters. The molecule has 1 aliphatic heterocycles. The molecule has 1 aromatic carbocycles. The summed E-state index contributed by atoms with van der Waals surface area (Å²) < 4.78 is 5.11. The second-order valence-electron chi connectivity index (χ2n) is 10.2. The van der Waals surface area contributed by atoms with Crippen LogP contribution < -0.4 is 15.0 Å². The van der Waals surface area contributed by atoms with E-state index in [1.807, 2.05) is 30.3 Å². The van der Waals surface area contributed by atoms with Crippen molar-refractivity contribution < 1.29 is 9.84 Å². The lowest BCUT2D eigenvalue weighted by atomic mass is 9.79. The average molecular weight is 448 g/mol. The van der Waals surface area contributed by atoms with Crippen LogP contribution in [0.5, 0.6) is 11.6 Å². The summed E-state index contributed by atoms with van der Waals surface area (Å²) in [6, 6.07) is 13.5. The molecule has 7 heteroatoms. The Labute approximate surface area is 195 Å². The fraction of sp³-hybridized carbons (Fsp3) is 0.423. The molecule has 0 atom stereocenters. The molecule has 1 aliphatic rings. The SMILES string of the molecule is COc1ccc(-c2ccc(-c3ccc(N(C)C4CC(C)(C)NC(C)(C)C4)nn3)c(O)c2)cn1. The van der Waals surface area contributed by atoms with E-state index in [0.717, 1.165) is 29.8 Å². The number of phenols is 1. The van der Waals surface area contributed by atoms with Crippen LogP contribution in [0.3, 0.4) is 0 Å². The van der Waals surface area contributed by atoms with E-state index in [1.54, 1.807) is 25.4 Å². The molecule has 2 N–H and O–H groups in total. The maximum atomic E-state index is 10.7. The first kappa shape index (κ1) is 23.0. The second kappa shape index (κ2) is 8.63. The lowest BCUT2D eigenvalue weighted by Gasteiger charge is -2.49. The van der Waals surface area contributed by atoms with Crippen LogP contribution in [0.1, 0.15) is 40.5 Å². The molecule has 7 nitrogen and oxygen atoms in total. The average Bonchev–Trinajstić information content (AvgIpc) is 2.77. The zero-order valence-electron chi connectivity index (χ0n) is 20.3. The number of nitrogens with one attached hydrogen (secondary N) is 1. The quantitative estimate of drug-likeness (QED) is 0.588. The number of nitrogens with zero attached hydrogens (tertiary/aromatic N) is 4. The molecule has 0 aliphatic carbocycles. The molecule has 2 aromatic heterocycles. The molecule has 33 heavy (non-hydrogen) atoms. The summed E-state index contributed by atoms with van der Waals surface area (Å²) in [5.74, 6) is 1.54. The van der Waals surface area contributed by atoms with Gasteiger partial charge in [0.05, 0.1) is 12.8 Å². The lowest BCUT2D eigenvalue weighted by Crippen LogP contribution is -2.62. The second-order valence-corrected chi connectivity index (χ2v) is 10.2. The molecule has 3 heterocycles. The highest BCUT2D eigenvalue weighted by Crippen LogP contribution is 2.35. The van der Waals surface area contributed by atoms with Crippen LogP contribution >= 0.6 is 0 Å². The number of rotatable bonds is 5. The van der Waals surface area contributed by atoms with Gasteiger partial charge in [-0.05, 0) is 76.4 Å². The number of methoxy groups -OCH3 is 1. The van der Waals surface area contributed by atoms with E-state index < -0.39 is 0 Å². The van der Waals surface area contributed by atoms with Crippen LogP contribution in [-0.4, -0.2) is 51.6 Å². The minimum Gasteiger partial charge on any atom is -0.507 e. The van der Waals surface area contributed by atoms with Crippen molar-refractivity contribution in [2.45, 2.75) is 57.7 Å². The van der Waals surface area contributed by atoms with Crippen LogP contribution in [0, 0.1) is 0 Å². The third kappa shape index (κ3) is 5.09. The van der Waals surface area contributed by atoms with Crippen LogP contribution in [0.2, 0.25) is 0 Å². The van der Waals surface area contributed by atoms with Gasteiger partial charge < -0.3 is 20.1 Å². The number of pyridine rings is 1. The van der Waals surface area contributed by atoms with Gasteiger partial charge in [-0.2, -0.15) is 0 Å². The highest BCUT2D eigenvalue weighted by molar-refractivity contribution is 5.74. The van der Waals surface area contributed by atoms with Crippen LogP contribution in [0.4, 0.5) is 5.82 Å². The van der Waals surface area contributed by atoms with Gasteiger partial charge in [-0.3, -0.25) is 0 Å². The van der Waals surface area contributed by atoms with Crippen LogP contribution in [0.15, 0.2) is 48.7 Å². The van der Waals surface area contributed by atoms with Crippen LogP contribution in [0.25, 0.3) is 22.4 Å². The smallest absolute Gasteiger partial charge is 0.212 e. The van der Waals surface area contributed by atoms with E-state index in [2.05, 4.69) is 60.1 Å². The molecule has 1 saturated heterocycles. The molecular weight excluding hydrogens is 414 g/mol. The van der Waals surface area contributed by atoms with E-state index in [-0.39, 0.29) is 16.8 Å². The van der Waals surface area contributed by atoms with Gasteiger partial charge >= 0.3 is 0 Å². The Morgan fingerprint density at radius 3 is 2.21 bits per heavy atom. The first-order valence-electron chi connectivity index (χ1n) is 11.3. The molecule has 0 radical (unpaired) electrons. The van der Waals surface area contributed by atoms with Gasteiger partial charge in [0.25, 0.3) is 0 Å². The maximum Gasteiger partial charge on any atom is 0.212 e. The summed E-state index contributed by atoms with van der Waals surface area (Å²) in [6.45, 7) is 8.99. The Kier molecular flexibility index (Phi) is 6.01. The molecule has 4 rings (SSSR count). The number of aromatic nitrogens is 3. The number of ether oxygens (including phenoxy) is 1. The summed E-state index contributed by atoms with van der Waals surface area (Å²) in [6.07, 6.45) is 3.78. The highest BCUT2D eigenvalue weighted by Gasteiger charge is 2.39. The molecule has 0 amide bonds. The van der Waals surface area contributed by atoms with Gasteiger partial charge in [-0.1, -0.05) is 6.07 Å². The number of hydrogen-bond donors (Lipinski definition) is 2. The maximum absolute atomic E-state index is 10.7. The Balaban J connectivity index is 1.53. The van der Waals surface area contributed by atoms with Crippen LogP contribution in [-0.2, 0) is 0 Å². The van der Waals surface area contributed by atoms with Gasteiger partial charge in [0.2, 0.25) is 5.88 Å². The van der Waals surface area contributed by atoms with Gasteiger partial charge in [0.15, 0.2) is 5.82 Å². The van der Waals surface area contributed by atoms with Crippen molar-refractivity contribution >= 4 is 5.82 Å². The minimum atomic E-state index is 0.0565. The van der Waals surface area contributed by atoms with Crippen molar-refractivity contribution in [1.82, 2.24) is 20.5 Å². The normalized spacial score (nSPS) is 17.5. The number of aromatic hydroxyl groups is 1. The van der Waals surface area contributed by atoms with Crippen molar-refractivity contribution in [2.75, 3.05) is 19.1 Å². The van der Waals surface area contributed by atoms with E-state index in [0.29, 0.717) is 23.2 Å². The predicted octanol–water partition coefficient (Wildman–Crippen LogP) is 4.67. The number of phenolic OH excluding ortho intramolecular Hbond substituents is 1. The Hall–Kier alpha value is -3.19. The fourth-order valence-electron chi connectivity index (χ4n) is 4.99. The molecular formula is C26H33N5O2. The number of piperidine rings is 1. The summed E-state index contributed by atoms with van der Waals surface area (Å²) in [5.41, 5.74) is 3.16. The Bertz CT molecular complexity index is 1090. The van der Waals surface area contributed by atoms with Crippen molar-refractivity contribution in [3.8, 4) is 34.0 Å². The molecule has 3 aromatic rings. The van der Waals surface area contributed by atoms with E-state index in [1.165, 1.54) is 0 Å². The fourth-order valence-corrected chi connectivity index (χ4v) is 4.99. The summed E-state index contributed by atoms with van der Waals surface area (Å²) >= 11 is 0. The van der Waals surface area contributed by atoms with E-state index in [9.17, 15) is 5.11 Å². The third-order valence-corrected chi connectivity index (χ3v) is 6.28. The zero-order chi connectivity index (χ0) is 23.8. The first-order valence-corrected chi connectivity index (χ1v) is 11.3. The van der Waals surface area contributed by atoms with Crippen molar-refractivity contribution in [2.24, 2.45) is 0 Å². The van der Waals surface area contributed by atoms with E-state index >= 15 is 0 Å². The zero-order valence-corrected chi connectivity index (χ0v) is 20.3. The standard InChI is InChI=1S/C26H33N5O2/c1-25(2)14-19(15-26(3,4)30-25)31(5)23-11-10-21(28-29-23)20-9-7-17(13-22(20)32)18-8-12-24(33-6)27-16-18/h7-13,16,19,30,32H,14-15H2,1-6H3. The first-order chi connectivity index (χ1) is 15.6. The molecule has 174 valence electrons. The van der Waals surface area contributed by atoms with Gasteiger partial charge in [-0.25, -0.2) is 4.98 Å². The molecule has 0 bridgehead atoms. The van der Waals surface area contributed by atoms with Crippen molar-refractivity contribution in [3.05, 3.63) is 48.7 Å². The third-order valence-electron chi connectivity index (χ3n) is 6.28. The highest BCUT2D eigenvalue weighted by atomic mass is 16.5. The summed E-state index contributed by atoms with van der Waals surface area (Å²) in [5, 5.41) is 23.3. The largest absolute Gasteiger partial charge is 0.507 e. The Morgan fingerprint density at radius 1 is 0.970 bits per heavy atom. The van der Waals surface area contributed by atoms with Gasteiger partial charge in [0.1, 0.15) is 5.75 Å². The molecule has 0 saturated carbocycles. The summed E-state index contributed by atoms with van der Waals surface area (Å²) in [4.78, 5) is 6.45. The minimum absolute atomic E-state index is 0.0565. The molecule has 0 spiro atoms. The topological polar surface area (TPSA) is 83.4 Å². The van der Waals surface area contributed by atoms with Crippen molar-refractivity contribution in [3.63, 3.8) is 0 Å². The number of hydrogen-bond acceptors (Lipinski definition) is 7. The van der Waals surface area contributed by atoms with Crippen molar-refractivity contribution in [1.29, 1.82) is 0 Å². The number of anilines is 1.